The summed E-state index contributed by atoms with van der Waals surface area (Å²) in [6, 6.07) is 5.89. The molecule has 2 rings (SSSR count). The topological polar surface area (TPSA) is 35.2 Å². The number of hydrogen-bond acceptors (Lipinski definition) is 2. The number of hydrogen-bond donors (Lipinski definition) is 1. The number of halogens is 4. The molecular formula is C14H11ClF3NO. The summed E-state index contributed by atoms with van der Waals surface area (Å²) < 4.78 is 45.2. The average molecular weight is 302 g/mol. The number of benzene rings is 2. The van der Waals surface area contributed by atoms with E-state index in [0.29, 0.717) is 11.1 Å². The SMILES string of the molecule is NCc1cc(F)c(OCc2ccc(F)cc2Cl)c(F)c1. The average Bonchev–Trinajstić information content (AvgIpc) is 2.39. The van der Waals surface area contributed by atoms with Gasteiger partial charge in [0.25, 0.3) is 0 Å². The summed E-state index contributed by atoms with van der Waals surface area (Å²) in [6.07, 6.45) is 0. The van der Waals surface area contributed by atoms with Gasteiger partial charge < -0.3 is 10.5 Å². The van der Waals surface area contributed by atoms with Crippen molar-refractivity contribution in [3.05, 3.63) is 63.9 Å². The molecule has 0 spiro atoms. The highest BCUT2D eigenvalue weighted by Gasteiger charge is 2.13. The third-order valence-corrected chi connectivity index (χ3v) is 3.03. The van der Waals surface area contributed by atoms with Gasteiger partial charge >= 0.3 is 0 Å². The Balaban J connectivity index is 2.19. The quantitative estimate of drug-likeness (QED) is 0.932. The van der Waals surface area contributed by atoms with Gasteiger partial charge in [0.15, 0.2) is 17.4 Å². The van der Waals surface area contributed by atoms with E-state index in [2.05, 4.69) is 0 Å². The first-order chi connectivity index (χ1) is 9.51. The van der Waals surface area contributed by atoms with Crippen molar-refractivity contribution >= 4 is 11.6 Å². The minimum atomic E-state index is -0.844. The molecule has 0 saturated heterocycles. The van der Waals surface area contributed by atoms with Gasteiger partial charge in [-0.2, -0.15) is 0 Å². The van der Waals surface area contributed by atoms with Crippen molar-refractivity contribution in [2.24, 2.45) is 5.73 Å². The van der Waals surface area contributed by atoms with E-state index in [0.717, 1.165) is 18.2 Å². The highest BCUT2D eigenvalue weighted by Crippen LogP contribution is 2.25. The van der Waals surface area contributed by atoms with Crippen molar-refractivity contribution in [3.8, 4) is 5.75 Å². The van der Waals surface area contributed by atoms with E-state index >= 15 is 0 Å². The minimum Gasteiger partial charge on any atom is -0.483 e. The second-order valence-electron chi connectivity index (χ2n) is 4.12. The van der Waals surface area contributed by atoms with Gasteiger partial charge in [-0.05, 0) is 29.8 Å². The fraction of sp³-hybridized carbons (Fsp3) is 0.143. The van der Waals surface area contributed by atoms with Gasteiger partial charge in [0, 0.05) is 12.1 Å². The minimum absolute atomic E-state index is 0.0257. The van der Waals surface area contributed by atoms with Crippen LogP contribution in [0.3, 0.4) is 0 Å². The molecule has 0 saturated carbocycles. The molecule has 0 fully saturated rings. The summed E-state index contributed by atoms with van der Waals surface area (Å²) in [5.74, 6) is -2.70. The first-order valence-corrected chi connectivity index (χ1v) is 6.13. The third-order valence-electron chi connectivity index (χ3n) is 2.68. The zero-order valence-electron chi connectivity index (χ0n) is 10.3. The van der Waals surface area contributed by atoms with Gasteiger partial charge in [0.05, 0.1) is 5.02 Å². The molecular weight excluding hydrogens is 291 g/mol. The van der Waals surface area contributed by atoms with Gasteiger partial charge in [-0.3, -0.25) is 0 Å². The smallest absolute Gasteiger partial charge is 0.191 e. The molecule has 0 aliphatic carbocycles. The molecule has 2 N–H and O–H groups in total. The molecule has 20 heavy (non-hydrogen) atoms. The van der Waals surface area contributed by atoms with Crippen LogP contribution in [0, 0.1) is 17.5 Å². The molecule has 0 heterocycles. The van der Waals surface area contributed by atoms with Crippen LogP contribution in [-0.4, -0.2) is 0 Å². The molecule has 2 aromatic carbocycles. The summed E-state index contributed by atoms with van der Waals surface area (Å²) in [5.41, 5.74) is 6.06. The number of rotatable bonds is 4. The van der Waals surface area contributed by atoms with Gasteiger partial charge in [-0.1, -0.05) is 17.7 Å². The Bertz CT molecular complexity index is 611. The molecule has 0 amide bonds. The van der Waals surface area contributed by atoms with E-state index in [1.54, 1.807) is 0 Å². The molecule has 0 bridgehead atoms. The highest BCUT2D eigenvalue weighted by molar-refractivity contribution is 6.31. The fourth-order valence-electron chi connectivity index (χ4n) is 1.66. The molecule has 0 aliphatic heterocycles. The van der Waals surface area contributed by atoms with E-state index in [1.807, 2.05) is 0 Å². The van der Waals surface area contributed by atoms with Crippen LogP contribution in [0.2, 0.25) is 5.02 Å². The maximum atomic E-state index is 13.7. The lowest BCUT2D eigenvalue weighted by Gasteiger charge is -2.10. The second-order valence-corrected chi connectivity index (χ2v) is 4.52. The van der Waals surface area contributed by atoms with Crippen molar-refractivity contribution in [3.63, 3.8) is 0 Å². The molecule has 6 heteroatoms. The fourth-order valence-corrected chi connectivity index (χ4v) is 1.88. The van der Waals surface area contributed by atoms with E-state index in [4.69, 9.17) is 22.1 Å². The van der Waals surface area contributed by atoms with Crippen molar-refractivity contribution in [1.29, 1.82) is 0 Å². The van der Waals surface area contributed by atoms with Crippen molar-refractivity contribution < 1.29 is 17.9 Å². The van der Waals surface area contributed by atoms with Crippen LogP contribution in [0.1, 0.15) is 11.1 Å². The molecule has 2 nitrogen and oxygen atoms in total. The Kier molecular flexibility index (Phi) is 4.52. The molecule has 0 aliphatic rings. The predicted octanol–water partition coefficient (Wildman–Crippen LogP) is 3.80. The van der Waals surface area contributed by atoms with Crippen molar-refractivity contribution in [2.75, 3.05) is 0 Å². The van der Waals surface area contributed by atoms with E-state index in [9.17, 15) is 13.2 Å². The Labute approximate surface area is 118 Å². The maximum Gasteiger partial charge on any atom is 0.191 e. The highest BCUT2D eigenvalue weighted by atomic mass is 35.5. The molecule has 106 valence electrons. The molecule has 0 atom stereocenters. The second kappa shape index (κ2) is 6.15. The van der Waals surface area contributed by atoms with Crippen LogP contribution in [0.4, 0.5) is 13.2 Å². The van der Waals surface area contributed by atoms with Crippen molar-refractivity contribution in [2.45, 2.75) is 13.2 Å². The first kappa shape index (κ1) is 14.7. The lowest BCUT2D eigenvalue weighted by molar-refractivity contribution is 0.273. The molecule has 2 aromatic rings. The van der Waals surface area contributed by atoms with Crippen LogP contribution in [-0.2, 0) is 13.2 Å². The Hall–Kier alpha value is -1.72. The standard InChI is InChI=1S/C14H11ClF3NO/c15-11-5-10(16)2-1-9(11)7-20-14-12(17)3-8(6-19)4-13(14)18/h1-5H,6-7,19H2. The van der Waals surface area contributed by atoms with Crippen LogP contribution in [0.15, 0.2) is 30.3 Å². The zero-order valence-corrected chi connectivity index (χ0v) is 11.1. The predicted molar refractivity (Wildman–Crippen MR) is 70.0 cm³/mol. The Morgan fingerprint density at radius 2 is 1.70 bits per heavy atom. The Morgan fingerprint density at radius 3 is 2.25 bits per heavy atom. The van der Waals surface area contributed by atoms with Crippen LogP contribution < -0.4 is 10.5 Å². The lowest BCUT2D eigenvalue weighted by Crippen LogP contribution is -2.04. The van der Waals surface area contributed by atoms with Crippen LogP contribution in [0.25, 0.3) is 0 Å². The zero-order chi connectivity index (χ0) is 14.7. The van der Waals surface area contributed by atoms with E-state index in [1.165, 1.54) is 12.1 Å². The van der Waals surface area contributed by atoms with Crippen LogP contribution in [0.5, 0.6) is 5.75 Å². The lowest BCUT2D eigenvalue weighted by atomic mass is 10.2. The summed E-state index contributed by atoms with van der Waals surface area (Å²) >= 11 is 5.80. The summed E-state index contributed by atoms with van der Waals surface area (Å²) in [4.78, 5) is 0. The van der Waals surface area contributed by atoms with Gasteiger partial charge in [0.2, 0.25) is 0 Å². The molecule has 0 unspecified atom stereocenters. The maximum absolute atomic E-state index is 13.7. The summed E-state index contributed by atoms with van der Waals surface area (Å²) in [6.45, 7) is -0.146. The Morgan fingerprint density at radius 1 is 1.05 bits per heavy atom. The third kappa shape index (κ3) is 3.23. The van der Waals surface area contributed by atoms with Gasteiger partial charge in [0.1, 0.15) is 12.4 Å². The normalized spacial score (nSPS) is 10.7. The molecule has 0 radical (unpaired) electrons. The van der Waals surface area contributed by atoms with E-state index < -0.39 is 23.2 Å². The van der Waals surface area contributed by atoms with Gasteiger partial charge in [-0.15, -0.1) is 0 Å². The number of ether oxygens (including phenoxy) is 1. The monoisotopic (exact) mass is 301 g/mol. The van der Waals surface area contributed by atoms with Gasteiger partial charge in [-0.25, -0.2) is 13.2 Å². The number of nitrogens with two attached hydrogens (primary N) is 1. The van der Waals surface area contributed by atoms with E-state index in [-0.39, 0.29) is 18.2 Å². The van der Waals surface area contributed by atoms with Crippen LogP contribution >= 0.6 is 11.6 Å². The first-order valence-electron chi connectivity index (χ1n) is 5.76. The molecule has 0 aromatic heterocycles. The summed E-state index contributed by atoms with van der Waals surface area (Å²) in [7, 11) is 0. The largest absolute Gasteiger partial charge is 0.483 e. The summed E-state index contributed by atoms with van der Waals surface area (Å²) in [5, 5.41) is 0.129. The van der Waals surface area contributed by atoms with Crippen molar-refractivity contribution in [1.82, 2.24) is 0 Å².